The molecule has 2 aliphatic carbocycles. The predicted octanol–water partition coefficient (Wildman–Crippen LogP) is 3.33. The molecular weight excluding hydrogens is 236 g/mol. The van der Waals surface area contributed by atoms with Crippen molar-refractivity contribution in [2.24, 2.45) is 5.92 Å². The smallest absolute Gasteiger partial charge is 0.254 e. The molecule has 0 radical (unpaired) electrons. The van der Waals surface area contributed by atoms with E-state index in [0.29, 0.717) is 5.92 Å². The average molecular weight is 260 g/mol. The number of rotatable bonds is 3. The highest BCUT2D eigenvalue weighted by atomic mass is 16.1. The van der Waals surface area contributed by atoms with Crippen LogP contribution < -0.4 is 5.56 Å². The summed E-state index contributed by atoms with van der Waals surface area (Å²) in [6.07, 6.45) is 10.7. The van der Waals surface area contributed by atoms with Crippen molar-refractivity contribution in [1.29, 1.82) is 0 Å². The van der Waals surface area contributed by atoms with Gasteiger partial charge in [0.05, 0.1) is 5.69 Å². The quantitative estimate of drug-likeness (QED) is 0.906. The topological polar surface area (TPSA) is 45.8 Å². The molecule has 0 saturated heterocycles. The molecule has 1 aromatic rings. The molecule has 3 nitrogen and oxygen atoms in total. The monoisotopic (exact) mass is 260 g/mol. The van der Waals surface area contributed by atoms with E-state index < -0.39 is 0 Å². The Morgan fingerprint density at radius 1 is 1.21 bits per heavy atom. The zero-order chi connectivity index (χ0) is 13.2. The van der Waals surface area contributed by atoms with E-state index in [1.54, 1.807) is 0 Å². The zero-order valence-corrected chi connectivity index (χ0v) is 11.9. The first-order valence-electron chi connectivity index (χ1n) is 7.90. The summed E-state index contributed by atoms with van der Waals surface area (Å²) in [6.45, 7) is 2.27. The third-order valence-electron chi connectivity index (χ3n) is 4.89. The van der Waals surface area contributed by atoms with Gasteiger partial charge >= 0.3 is 0 Å². The van der Waals surface area contributed by atoms with Gasteiger partial charge in [-0.3, -0.25) is 4.79 Å². The van der Waals surface area contributed by atoms with E-state index >= 15 is 0 Å². The third-order valence-corrected chi connectivity index (χ3v) is 4.89. The van der Waals surface area contributed by atoms with E-state index in [0.717, 1.165) is 42.3 Å². The maximum absolute atomic E-state index is 12.0. The highest BCUT2D eigenvalue weighted by molar-refractivity contribution is 5.23. The summed E-state index contributed by atoms with van der Waals surface area (Å²) in [7, 11) is 0. The van der Waals surface area contributed by atoms with Gasteiger partial charge in [0.25, 0.3) is 5.56 Å². The number of hydrogen-bond donors (Lipinski definition) is 1. The van der Waals surface area contributed by atoms with Crippen LogP contribution in [0, 0.1) is 5.92 Å². The first-order valence-corrected chi connectivity index (χ1v) is 7.90. The molecule has 1 aromatic heterocycles. The van der Waals surface area contributed by atoms with Crippen LogP contribution in [0.1, 0.15) is 74.9 Å². The lowest BCUT2D eigenvalue weighted by molar-refractivity contribution is 0.301. The van der Waals surface area contributed by atoms with Crippen LogP contribution in [0.5, 0.6) is 0 Å². The van der Waals surface area contributed by atoms with Gasteiger partial charge in [0.2, 0.25) is 0 Å². The highest BCUT2D eigenvalue weighted by Crippen LogP contribution is 2.36. The fourth-order valence-corrected chi connectivity index (χ4v) is 3.79. The molecule has 1 saturated carbocycles. The molecule has 0 amide bonds. The molecule has 1 heterocycles. The van der Waals surface area contributed by atoms with Crippen molar-refractivity contribution in [3.8, 4) is 0 Å². The fourth-order valence-electron chi connectivity index (χ4n) is 3.79. The number of aromatic amines is 1. The Hall–Kier alpha value is -1.12. The van der Waals surface area contributed by atoms with Gasteiger partial charge in [-0.25, -0.2) is 4.98 Å². The number of aromatic nitrogens is 2. The van der Waals surface area contributed by atoms with E-state index in [1.807, 2.05) is 0 Å². The molecule has 3 heteroatoms. The molecule has 0 aliphatic heterocycles. The van der Waals surface area contributed by atoms with Crippen molar-refractivity contribution in [1.82, 2.24) is 9.97 Å². The lowest BCUT2D eigenvalue weighted by Crippen LogP contribution is -2.22. The third kappa shape index (κ3) is 2.60. The number of hydrogen-bond acceptors (Lipinski definition) is 2. The highest BCUT2D eigenvalue weighted by Gasteiger charge is 2.25. The second-order valence-corrected chi connectivity index (χ2v) is 6.24. The minimum atomic E-state index is 0.133. The Morgan fingerprint density at radius 3 is 2.74 bits per heavy atom. The number of H-pyrrole nitrogens is 1. The Labute approximate surface area is 114 Å². The normalized spacial score (nSPS) is 26.4. The van der Waals surface area contributed by atoms with Gasteiger partial charge in [-0.05, 0) is 50.9 Å². The lowest BCUT2D eigenvalue weighted by Gasteiger charge is -2.27. The second-order valence-electron chi connectivity index (χ2n) is 6.24. The van der Waals surface area contributed by atoms with Crippen LogP contribution in [0.2, 0.25) is 0 Å². The van der Waals surface area contributed by atoms with E-state index in [4.69, 9.17) is 4.98 Å². The fraction of sp³-hybridized carbons (Fsp3) is 0.750. The number of aryl methyl sites for hydroxylation is 1. The number of fused-ring (bicyclic) bond motifs is 1. The maximum Gasteiger partial charge on any atom is 0.254 e. The molecule has 0 atom stereocenters. The van der Waals surface area contributed by atoms with Crippen molar-refractivity contribution < 1.29 is 0 Å². The summed E-state index contributed by atoms with van der Waals surface area (Å²) in [5.74, 6) is 2.37. The first kappa shape index (κ1) is 12.9. The van der Waals surface area contributed by atoms with Crippen LogP contribution in [0.4, 0.5) is 0 Å². The van der Waals surface area contributed by atoms with Crippen LogP contribution in [0.15, 0.2) is 4.79 Å². The summed E-state index contributed by atoms with van der Waals surface area (Å²) in [5, 5.41) is 0. The van der Waals surface area contributed by atoms with Gasteiger partial charge < -0.3 is 4.98 Å². The maximum atomic E-state index is 12.0. The van der Waals surface area contributed by atoms with Crippen molar-refractivity contribution in [2.45, 2.75) is 70.6 Å². The molecular formula is C16H24N2O. The molecule has 1 fully saturated rings. The van der Waals surface area contributed by atoms with Gasteiger partial charge in [0.1, 0.15) is 5.82 Å². The minimum Gasteiger partial charge on any atom is -0.310 e. The largest absolute Gasteiger partial charge is 0.310 e. The second kappa shape index (κ2) is 5.48. The first-order chi connectivity index (χ1) is 9.28. The summed E-state index contributed by atoms with van der Waals surface area (Å²) in [5.41, 5.74) is 2.16. The molecule has 104 valence electrons. The SMILES string of the molecule is CCCC1CCC(c2nc3c(c(=O)[nH]2)CCC3)CC1. The molecule has 0 aromatic carbocycles. The van der Waals surface area contributed by atoms with Crippen LogP contribution >= 0.6 is 0 Å². The standard InChI is InChI=1S/C16H24N2O/c1-2-4-11-7-9-12(10-8-11)15-17-14-6-3-5-13(14)16(19)18-15/h11-12H,2-10H2,1H3,(H,17,18,19). The minimum absolute atomic E-state index is 0.133. The van der Waals surface area contributed by atoms with E-state index in [9.17, 15) is 4.79 Å². The predicted molar refractivity (Wildman–Crippen MR) is 76.5 cm³/mol. The molecule has 0 spiro atoms. The molecule has 0 unspecified atom stereocenters. The van der Waals surface area contributed by atoms with Crippen LogP contribution in [-0.2, 0) is 12.8 Å². The van der Waals surface area contributed by atoms with Gasteiger partial charge in [0, 0.05) is 11.5 Å². The molecule has 3 rings (SSSR count). The Balaban J connectivity index is 1.74. The number of nitrogens with zero attached hydrogens (tertiary/aromatic N) is 1. The summed E-state index contributed by atoms with van der Waals surface area (Å²) in [4.78, 5) is 19.9. The molecule has 1 N–H and O–H groups in total. The van der Waals surface area contributed by atoms with Gasteiger partial charge in [-0.2, -0.15) is 0 Å². The van der Waals surface area contributed by atoms with E-state index in [1.165, 1.54) is 38.5 Å². The Bertz CT molecular complexity index is 498. The van der Waals surface area contributed by atoms with Crippen LogP contribution in [0.3, 0.4) is 0 Å². The van der Waals surface area contributed by atoms with Gasteiger partial charge in [0.15, 0.2) is 0 Å². The van der Waals surface area contributed by atoms with Crippen molar-refractivity contribution in [3.05, 3.63) is 27.4 Å². The van der Waals surface area contributed by atoms with Gasteiger partial charge in [-0.1, -0.05) is 19.8 Å². The summed E-state index contributed by atoms with van der Waals surface area (Å²) in [6, 6.07) is 0. The average Bonchev–Trinajstić information content (AvgIpc) is 2.89. The molecule has 19 heavy (non-hydrogen) atoms. The van der Waals surface area contributed by atoms with Crippen molar-refractivity contribution in [3.63, 3.8) is 0 Å². The Morgan fingerprint density at radius 2 is 2.00 bits per heavy atom. The lowest BCUT2D eigenvalue weighted by atomic mass is 9.80. The van der Waals surface area contributed by atoms with E-state index in [2.05, 4.69) is 11.9 Å². The molecule has 0 bridgehead atoms. The van der Waals surface area contributed by atoms with E-state index in [-0.39, 0.29) is 5.56 Å². The van der Waals surface area contributed by atoms with Crippen LogP contribution in [-0.4, -0.2) is 9.97 Å². The van der Waals surface area contributed by atoms with Crippen molar-refractivity contribution >= 4 is 0 Å². The zero-order valence-electron chi connectivity index (χ0n) is 11.9. The van der Waals surface area contributed by atoms with Crippen molar-refractivity contribution in [2.75, 3.05) is 0 Å². The number of nitrogens with one attached hydrogen (secondary N) is 1. The summed E-state index contributed by atoms with van der Waals surface area (Å²) < 4.78 is 0. The van der Waals surface area contributed by atoms with Crippen LogP contribution in [0.25, 0.3) is 0 Å². The molecule has 2 aliphatic rings. The summed E-state index contributed by atoms with van der Waals surface area (Å²) >= 11 is 0. The Kier molecular flexibility index (Phi) is 3.72. The van der Waals surface area contributed by atoms with Gasteiger partial charge in [-0.15, -0.1) is 0 Å².